The second-order valence-electron chi connectivity index (χ2n) is 3.29. The van der Waals surface area contributed by atoms with Gasteiger partial charge in [0.1, 0.15) is 0 Å². The van der Waals surface area contributed by atoms with Crippen LogP contribution in [0, 0.1) is 11.6 Å². The summed E-state index contributed by atoms with van der Waals surface area (Å²) in [6.45, 7) is 0. The zero-order valence-corrected chi connectivity index (χ0v) is 8.63. The number of benzene rings is 1. The van der Waals surface area contributed by atoms with Crippen LogP contribution >= 0.6 is 11.8 Å². The lowest BCUT2D eigenvalue weighted by Gasteiger charge is -2.25. The van der Waals surface area contributed by atoms with Crippen molar-refractivity contribution in [3.05, 3.63) is 34.9 Å². The van der Waals surface area contributed by atoms with E-state index in [9.17, 15) is 8.78 Å². The van der Waals surface area contributed by atoms with Crippen LogP contribution in [0.25, 0.3) is 0 Å². The Morgan fingerprint density at radius 3 is 2.93 bits per heavy atom. The molecule has 1 aliphatic rings. The van der Waals surface area contributed by atoms with Gasteiger partial charge in [-0.15, -0.1) is 0 Å². The van der Waals surface area contributed by atoms with Crippen LogP contribution in [0.3, 0.4) is 0 Å². The van der Waals surface area contributed by atoms with Gasteiger partial charge in [0.15, 0.2) is 11.6 Å². The average Bonchev–Trinajstić information content (AvgIpc) is 2.23. The number of nitrogens with one attached hydrogen (secondary N) is 1. The molecule has 0 fully saturated rings. The Hall–Kier alpha value is -0.610. The molecule has 0 radical (unpaired) electrons. The lowest BCUT2D eigenvalue weighted by molar-refractivity contribution is 0.495. The van der Waals surface area contributed by atoms with Crippen molar-refractivity contribution >= 4 is 11.8 Å². The van der Waals surface area contributed by atoms with E-state index in [0.29, 0.717) is 11.3 Å². The fourth-order valence-electron chi connectivity index (χ4n) is 1.69. The molecule has 0 amide bonds. The number of hydrogen-bond acceptors (Lipinski definition) is 2. The lowest BCUT2D eigenvalue weighted by atomic mass is 10.0. The van der Waals surface area contributed by atoms with E-state index in [2.05, 4.69) is 5.32 Å². The predicted molar refractivity (Wildman–Crippen MR) is 54.3 cm³/mol. The van der Waals surface area contributed by atoms with E-state index in [4.69, 9.17) is 0 Å². The molecule has 1 atom stereocenters. The van der Waals surface area contributed by atoms with E-state index in [1.165, 1.54) is 6.07 Å². The molecule has 1 aromatic carbocycles. The molecular weight excluding hydrogens is 204 g/mol. The zero-order valence-electron chi connectivity index (χ0n) is 7.81. The molecule has 1 heterocycles. The molecule has 1 nitrogen and oxygen atoms in total. The summed E-state index contributed by atoms with van der Waals surface area (Å²) in [6, 6.07) is 3.02. The van der Waals surface area contributed by atoms with Crippen LogP contribution in [-0.2, 0) is 5.75 Å². The minimum atomic E-state index is -0.749. The molecule has 0 bridgehead atoms. The first-order valence-electron chi connectivity index (χ1n) is 4.46. The van der Waals surface area contributed by atoms with E-state index in [1.54, 1.807) is 17.8 Å². The summed E-state index contributed by atoms with van der Waals surface area (Å²) in [5.41, 5.74) is 1.41. The number of thioether (sulfide) groups is 1. The van der Waals surface area contributed by atoms with Gasteiger partial charge < -0.3 is 5.32 Å². The quantitative estimate of drug-likeness (QED) is 0.772. The predicted octanol–water partition coefficient (Wildman–Crippen LogP) is 2.47. The molecule has 0 aliphatic carbocycles. The average molecular weight is 215 g/mol. The van der Waals surface area contributed by atoms with Crippen molar-refractivity contribution in [2.45, 2.75) is 11.8 Å². The molecule has 1 unspecified atom stereocenters. The summed E-state index contributed by atoms with van der Waals surface area (Å²) < 4.78 is 26.3. The Morgan fingerprint density at radius 1 is 1.43 bits per heavy atom. The summed E-state index contributed by atoms with van der Waals surface area (Å²) in [4.78, 5) is 0. The first-order chi connectivity index (χ1) is 6.74. The monoisotopic (exact) mass is 215 g/mol. The highest BCUT2D eigenvalue weighted by atomic mass is 32.2. The van der Waals surface area contributed by atoms with Gasteiger partial charge in [-0.3, -0.25) is 0 Å². The molecule has 2 rings (SSSR count). The maximum atomic E-state index is 13.4. The highest BCUT2D eigenvalue weighted by Gasteiger charge is 2.23. The molecular formula is C10H11F2NS. The molecule has 1 N–H and O–H groups in total. The largest absolute Gasteiger partial charge is 0.312 e. The van der Waals surface area contributed by atoms with Gasteiger partial charge in [-0.2, -0.15) is 11.8 Å². The van der Waals surface area contributed by atoms with Gasteiger partial charge in [0.2, 0.25) is 0 Å². The van der Waals surface area contributed by atoms with Crippen molar-refractivity contribution in [3.63, 3.8) is 0 Å². The number of hydrogen-bond donors (Lipinski definition) is 1. The van der Waals surface area contributed by atoms with Gasteiger partial charge in [-0.05, 0) is 18.7 Å². The second-order valence-corrected chi connectivity index (χ2v) is 4.32. The van der Waals surface area contributed by atoms with Gasteiger partial charge in [-0.1, -0.05) is 6.07 Å². The number of rotatable bonds is 1. The fraction of sp³-hybridized carbons (Fsp3) is 0.400. The third-order valence-corrected chi connectivity index (χ3v) is 3.55. The zero-order chi connectivity index (χ0) is 10.1. The number of halogens is 2. The molecule has 1 aromatic rings. The third kappa shape index (κ3) is 1.53. The van der Waals surface area contributed by atoms with Crippen LogP contribution in [0.15, 0.2) is 12.1 Å². The van der Waals surface area contributed by atoms with E-state index in [-0.39, 0.29) is 6.04 Å². The van der Waals surface area contributed by atoms with Crippen molar-refractivity contribution in [2.75, 3.05) is 12.8 Å². The minimum absolute atomic E-state index is 0.138. The Bertz CT molecular complexity index is 354. The van der Waals surface area contributed by atoms with Gasteiger partial charge in [-0.25, -0.2) is 8.78 Å². The van der Waals surface area contributed by atoms with Crippen LogP contribution < -0.4 is 5.32 Å². The van der Waals surface area contributed by atoms with Crippen LogP contribution in [0.1, 0.15) is 17.2 Å². The summed E-state index contributed by atoms with van der Waals surface area (Å²) in [5, 5.41) is 3.10. The molecule has 1 aliphatic heterocycles. The van der Waals surface area contributed by atoms with E-state index in [0.717, 1.165) is 11.3 Å². The van der Waals surface area contributed by atoms with Gasteiger partial charge >= 0.3 is 0 Å². The van der Waals surface area contributed by atoms with Gasteiger partial charge in [0.25, 0.3) is 0 Å². The first kappa shape index (κ1) is 9.93. The molecule has 76 valence electrons. The highest BCUT2D eigenvalue weighted by molar-refractivity contribution is 7.98. The summed E-state index contributed by atoms with van der Waals surface area (Å²) in [6.07, 6.45) is 0. The standard InChI is InChI=1S/C10H11F2NS/c1-13-9-5-14-4-7-6(9)2-3-8(11)10(7)12/h2-3,9,13H,4-5H2,1H3. The van der Waals surface area contributed by atoms with Crippen molar-refractivity contribution < 1.29 is 8.78 Å². The maximum Gasteiger partial charge on any atom is 0.163 e. The SMILES string of the molecule is CNC1CSCc2c1ccc(F)c2F. The fourth-order valence-corrected chi connectivity index (χ4v) is 2.89. The van der Waals surface area contributed by atoms with Crippen molar-refractivity contribution in [1.29, 1.82) is 0 Å². The molecule has 4 heteroatoms. The van der Waals surface area contributed by atoms with Gasteiger partial charge in [0, 0.05) is 23.1 Å². The normalized spacial score (nSPS) is 20.6. The maximum absolute atomic E-state index is 13.4. The lowest BCUT2D eigenvalue weighted by Crippen LogP contribution is -2.24. The van der Waals surface area contributed by atoms with E-state index >= 15 is 0 Å². The van der Waals surface area contributed by atoms with Crippen LogP contribution in [0.2, 0.25) is 0 Å². The Labute approximate surface area is 85.9 Å². The topological polar surface area (TPSA) is 12.0 Å². The van der Waals surface area contributed by atoms with Crippen molar-refractivity contribution in [3.8, 4) is 0 Å². The number of fused-ring (bicyclic) bond motifs is 1. The van der Waals surface area contributed by atoms with Crippen LogP contribution in [-0.4, -0.2) is 12.8 Å². The van der Waals surface area contributed by atoms with E-state index < -0.39 is 11.6 Å². The first-order valence-corrected chi connectivity index (χ1v) is 5.61. The summed E-state index contributed by atoms with van der Waals surface area (Å²) in [5.74, 6) is 0.0436. The summed E-state index contributed by atoms with van der Waals surface area (Å²) >= 11 is 1.62. The Morgan fingerprint density at radius 2 is 2.21 bits per heavy atom. The smallest absolute Gasteiger partial charge is 0.163 e. The minimum Gasteiger partial charge on any atom is -0.312 e. The van der Waals surface area contributed by atoms with Crippen LogP contribution in [0.4, 0.5) is 8.78 Å². The Kier molecular flexibility index (Phi) is 2.74. The molecule has 0 aromatic heterocycles. The molecule has 0 spiro atoms. The van der Waals surface area contributed by atoms with Crippen molar-refractivity contribution in [1.82, 2.24) is 5.32 Å². The van der Waals surface area contributed by atoms with E-state index in [1.807, 2.05) is 7.05 Å². The summed E-state index contributed by atoms with van der Waals surface area (Å²) in [7, 11) is 1.83. The van der Waals surface area contributed by atoms with Crippen LogP contribution in [0.5, 0.6) is 0 Å². The van der Waals surface area contributed by atoms with Crippen molar-refractivity contribution in [2.24, 2.45) is 0 Å². The Balaban J connectivity index is 2.50. The third-order valence-electron chi connectivity index (χ3n) is 2.49. The molecule has 0 saturated heterocycles. The molecule has 0 saturated carbocycles. The second kappa shape index (κ2) is 3.87. The highest BCUT2D eigenvalue weighted by Crippen LogP contribution is 2.33. The van der Waals surface area contributed by atoms with Gasteiger partial charge in [0.05, 0.1) is 0 Å². The molecule has 14 heavy (non-hydrogen) atoms.